The van der Waals surface area contributed by atoms with Crippen molar-refractivity contribution in [2.24, 2.45) is 4.99 Å². The standard InChI is InChI=1S/C20H16N2O5/c1-11(23)21-15-6-3-13(4-7-15)19-22-17-9-14-5-8-16(25-12(2)24)10-18(14)26-20(17)27-19/h3-10,20H,1-2H3,(H,21,23)/t20-/m0/s1. The molecule has 0 bridgehead atoms. The van der Waals surface area contributed by atoms with Crippen molar-refractivity contribution in [2.45, 2.75) is 20.1 Å². The summed E-state index contributed by atoms with van der Waals surface area (Å²) in [5.41, 5.74) is 2.95. The van der Waals surface area contributed by atoms with Gasteiger partial charge in [0.05, 0.1) is 0 Å². The predicted octanol–water partition coefficient (Wildman–Crippen LogP) is 3.11. The molecule has 0 saturated carbocycles. The summed E-state index contributed by atoms with van der Waals surface area (Å²) in [5.74, 6) is 0.875. The second kappa shape index (κ2) is 6.60. The first kappa shape index (κ1) is 16.8. The number of hydrogen-bond acceptors (Lipinski definition) is 6. The molecule has 4 rings (SSSR count). The minimum absolute atomic E-state index is 0.132. The van der Waals surface area contributed by atoms with Gasteiger partial charge in [-0.15, -0.1) is 0 Å². The quantitative estimate of drug-likeness (QED) is 0.668. The fourth-order valence-corrected chi connectivity index (χ4v) is 2.81. The largest absolute Gasteiger partial charge is 0.448 e. The van der Waals surface area contributed by atoms with E-state index in [9.17, 15) is 9.59 Å². The number of aliphatic imine (C=N–C) groups is 1. The van der Waals surface area contributed by atoms with E-state index in [1.807, 2.05) is 18.2 Å². The first-order chi connectivity index (χ1) is 13.0. The summed E-state index contributed by atoms with van der Waals surface area (Å²) < 4.78 is 16.7. The van der Waals surface area contributed by atoms with Crippen LogP contribution in [0.15, 0.2) is 53.2 Å². The number of nitrogens with zero attached hydrogens (tertiary/aromatic N) is 1. The molecule has 7 nitrogen and oxygen atoms in total. The van der Waals surface area contributed by atoms with Crippen molar-refractivity contribution in [3.05, 3.63) is 59.3 Å². The van der Waals surface area contributed by atoms with Gasteiger partial charge in [-0.1, -0.05) is 0 Å². The Morgan fingerprint density at radius 1 is 1.07 bits per heavy atom. The molecule has 1 N–H and O–H groups in total. The molecule has 0 aromatic heterocycles. The highest BCUT2D eigenvalue weighted by Gasteiger charge is 2.32. The van der Waals surface area contributed by atoms with Gasteiger partial charge in [0.25, 0.3) is 6.29 Å². The van der Waals surface area contributed by atoms with Crippen LogP contribution in [0.1, 0.15) is 25.0 Å². The topological polar surface area (TPSA) is 86.2 Å². The molecule has 27 heavy (non-hydrogen) atoms. The van der Waals surface area contributed by atoms with Gasteiger partial charge in [-0.3, -0.25) is 9.59 Å². The zero-order chi connectivity index (χ0) is 19.0. The Morgan fingerprint density at radius 2 is 1.85 bits per heavy atom. The Morgan fingerprint density at radius 3 is 2.56 bits per heavy atom. The molecule has 1 atom stereocenters. The summed E-state index contributed by atoms with van der Waals surface area (Å²) in [7, 11) is 0. The van der Waals surface area contributed by atoms with Gasteiger partial charge >= 0.3 is 5.97 Å². The van der Waals surface area contributed by atoms with Crippen LogP contribution in [0.4, 0.5) is 5.69 Å². The number of carbonyl (C=O) groups is 2. The molecule has 136 valence electrons. The Balaban J connectivity index is 1.55. The fraction of sp³-hybridized carbons (Fsp3) is 0.150. The fourth-order valence-electron chi connectivity index (χ4n) is 2.81. The zero-order valence-corrected chi connectivity index (χ0v) is 14.7. The first-order valence-corrected chi connectivity index (χ1v) is 8.32. The van der Waals surface area contributed by atoms with Crippen molar-refractivity contribution < 1.29 is 23.8 Å². The van der Waals surface area contributed by atoms with E-state index in [0.717, 1.165) is 11.1 Å². The van der Waals surface area contributed by atoms with E-state index in [0.29, 0.717) is 28.8 Å². The minimum Gasteiger partial charge on any atom is -0.448 e. The maximum atomic E-state index is 11.1. The summed E-state index contributed by atoms with van der Waals surface area (Å²) in [6.07, 6.45) is 1.22. The normalized spacial score (nSPS) is 16.7. The van der Waals surface area contributed by atoms with Gasteiger partial charge in [-0.05, 0) is 42.5 Å². The number of esters is 1. The number of amides is 1. The Labute approximate surface area is 155 Å². The average Bonchev–Trinajstić information content (AvgIpc) is 3.02. The van der Waals surface area contributed by atoms with Crippen LogP contribution in [0, 0.1) is 0 Å². The lowest BCUT2D eigenvalue weighted by atomic mass is 10.1. The van der Waals surface area contributed by atoms with Crippen molar-refractivity contribution in [1.29, 1.82) is 0 Å². The molecule has 0 spiro atoms. The van der Waals surface area contributed by atoms with E-state index >= 15 is 0 Å². The zero-order valence-electron chi connectivity index (χ0n) is 14.7. The van der Waals surface area contributed by atoms with E-state index < -0.39 is 12.3 Å². The lowest BCUT2D eigenvalue weighted by Gasteiger charge is -2.21. The van der Waals surface area contributed by atoms with Gasteiger partial charge in [0.15, 0.2) is 0 Å². The molecular formula is C20H16N2O5. The van der Waals surface area contributed by atoms with Crippen LogP contribution in [0.5, 0.6) is 11.5 Å². The van der Waals surface area contributed by atoms with E-state index in [1.165, 1.54) is 13.8 Å². The molecule has 1 amide bonds. The van der Waals surface area contributed by atoms with Crippen LogP contribution in [-0.4, -0.2) is 24.1 Å². The summed E-state index contributed by atoms with van der Waals surface area (Å²) in [5, 5.41) is 2.71. The van der Waals surface area contributed by atoms with Crippen molar-refractivity contribution in [2.75, 3.05) is 5.32 Å². The Hall–Kier alpha value is -3.61. The summed E-state index contributed by atoms with van der Waals surface area (Å²) >= 11 is 0. The number of anilines is 1. The van der Waals surface area contributed by atoms with Gasteiger partial charge in [-0.25, -0.2) is 4.99 Å². The third kappa shape index (κ3) is 3.52. The van der Waals surface area contributed by atoms with Crippen LogP contribution < -0.4 is 14.8 Å². The van der Waals surface area contributed by atoms with Crippen molar-refractivity contribution in [3.8, 4) is 11.5 Å². The van der Waals surface area contributed by atoms with Crippen LogP contribution in [0.25, 0.3) is 6.08 Å². The molecule has 2 aromatic rings. The average molecular weight is 364 g/mol. The lowest BCUT2D eigenvalue weighted by molar-refractivity contribution is -0.131. The molecule has 0 fully saturated rings. The van der Waals surface area contributed by atoms with E-state index in [4.69, 9.17) is 14.2 Å². The molecule has 0 unspecified atom stereocenters. The van der Waals surface area contributed by atoms with Gasteiger partial charge in [0.1, 0.15) is 17.2 Å². The third-order valence-electron chi connectivity index (χ3n) is 3.93. The van der Waals surface area contributed by atoms with Crippen LogP contribution in [0.3, 0.4) is 0 Å². The minimum atomic E-state index is -0.657. The second-order valence-corrected chi connectivity index (χ2v) is 6.11. The summed E-state index contributed by atoms with van der Waals surface area (Å²) in [4.78, 5) is 26.7. The SMILES string of the molecule is CC(=O)Nc1ccc(C2=NC3=Cc4ccc(OC(C)=O)cc4O[C@H]3O2)cc1. The first-order valence-electron chi connectivity index (χ1n) is 8.32. The number of fused-ring (bicyclic) bond motifs is 2. The molecule has 7 heteroatoms. The van der Waals surface area contributed by atoms with Gasteiger partial charge in [-0.2, -0.15) is 0 Å². The monoisotopic (exact) mass is 364 g/mol. The van der Waals surface area contributed by atoms with Crippen molar-refractivity contribution in [3.63, 3.8) is 0 Å². The lowest BCUT2D eigenvalue weighted by Crippen LogP contribution is -2.22. The summed E-state index contributed by atoms with van der Waals surface area (Å²) in [6.45, 7) is 2.80. The maximum absolute atomic E-state index is 11.1. The highest BCUT2D eigenvalue weighted by atomic mass is 16.7. The number of ether oxygens (including phenoxy) is 3. The third-order valence-corrected chi connectivity index (χ3v) is 3.93. The summed E-state index contributed by atoms with van der Waals surface area (Å²) in [6, 6.07) is 12.3. The Bertz CT molecular complexity index is 992. The van der Waals surface area contributed by atoms with Crippen LogP contribution in [-0.2, 0) is 14.3 Å². The van der Waals surface area contributed by atoms with Crippen molar-refractivity contribution >= 4 is 29.5 Å². The molecule has 0 saturated heterocycles. The highest BCUT2D eigenvalue weighted by molar-refractivity contribution is 5.98. The molecular weight excluding hydrogens is 348 g/mol. The highest BCUT2D eigenvalue weighted by Crippen LogP contribution is 2.36. The van der Waals surface area contributed by atoms with Crippen molar-refractivity contribution in [1.82, 2.24) is 0 Å². The smallest absolute Gasteiger partial charge is 0.308 e. The number of benzene rings is 2. The number of carbonyl (C=O) groups excluding carboxylic acids is 2. The van der Waals surface area contributed by atoms with Crippen LogP contribution in [0.2, 0.25) is 0 Å². The van der Waals surface area contributed by atoms with Gasteiger partial charge < -0.3 is 19.5 Å². The van der Waals surface area contributed by atoms with Gasteiger partial charge in [0, 0.05) is 36.7 Å². The molecule has 2 aromatic carbocycles. The second-order valence-electron chi connectivity index (χ2n) is 6.11. The van der Waals surface area contributed by atoms with Gasteiger partial charge in [0.2, 0.25) is 11.8 Å². The molecule has 2 aliphatic rings. The van der Waals surface area contributed by atoms with E-state index in [-0.39, 0.29) is 5.91 Å². The number of hydrogen-bond donors (Lipinski definition) is 1. The maximum Gasteiger partial charge on any atom is 0.308 e. The van der Waals surface area contributed by atoms with E-state index in [1.54, 1.807) is 30.3 Å². The number of rotatable bonds is 3. The molecule has 0 radical (unpaired) electrons. The Kier molecular flexibility index (Phi) is 4.12. The number of nitrogens with one attached hydrogen (secondary N) is 1. The van der Waals surface area contributed by atoms with E-state index in [2.05, 4.69) is 10.3 Å². The molecule has 0 aliphatic carbocycles. The van der Waals surface area contributed by atoms with Crippen LogP contribution >= 0.6 is 0 Å². The predicted molar refractivity (Wildman–Crippen MR) is 98.5 cm³/mol. The molecule has 2 heterocycles. The molecule has 2 aliphatic heterocycles.